The molecule has 2 rings (SSSR count). The van der Waals surface area contributed by atoms with Crippen LogP contribution in [-0.2, 0) is 9.53 Å². The van der Waals surface area contributed by atoms with Crippen molar-refractivity contribution in [1.29, 1.82) is 0 Å². The molecule has 5 nitrogen and oxygen atoms in total. The lowest BCUT2D eigenvalue weighted by molar-refractivity contribution is -0.141. The number of carbonyl (C=O) groups excluding carboxylic acids is 1. The molecule has 0 atom stereocenters. The molecule has 0 aliphatic heterocycles. The van der Waals surface area contributed by atoms with Gasteiger partial charge in [0, 0.05) is 17.3 Å². The third-order valence-corrected chi connectivity index (χ3v) is 2.86. The summed E-state index contributed by atoms with van der Waals surface area (Å²) in [5.41, 5.74) is 0. The minimum absolute atomic E-state index is 0.188. The Morgan fingerprint density at radius 2 is 2.11 bits per heavy atom. The van der Waals surface area contributed by atoms with E-state index in [2.05, 4.69) is 10.2 Å². The Kier molecular flexibility index (Phi) is 4.28. The number of hydrogen-bond donors (Lipinski definition) is 0. The van der Waals surface area contributed by atoms with Gasteiger partial charge in [-0.05, 0) is 13.8 Å². The van der Waals surface area contributed by atoms with E-state index in [1.54, 1.807) is 13.1 Å². The van der Waals surface area contributed by atoms with Crippen molar-refractivity contribution in [2.24, 2.45) is 0 Å². The maximum Gasteiger partial charge on any atom is 0.325 e. The Balaban J connectivity index is 2.32. The van der Waals surface area contributed by atoms with Crippen LogP contribution in [0.15, 0.2) is 30.5 Å². The van der Waals surface area contributed by atoms with Gasteiger partial charge in [-0.15, -0.1) is 5.10 Å². The van der Waals surface area contributed by atoms with E-state index in [1.165, 1.54) is 0 Å². The number of nitrogens with zero attached hydrogens (tertiary/aromatic N) is 3. The second kappa shape index (κ2) is 6.13. The Morgan fingerprint density at radius 1 is 1.32 bits per heavy atom. The maximum atomic E-state index is 11.6. The normalized spacial score (nSPS) is 10.4. The van der Waals surface area contributed by atoms with Gasteiger partial charge >= 0.3 is 5.97 Å². The topological polar surface area (TPSA) is 55.3 Å². The minimum Gasteiger partial charge on any atom is -0.465 e. The number of ether oxygens (including phenoxy) is 1. The first-order valence-corrected chi connectivity index (χ1v) is 6.37. The van der Waals surface area contributed by atoms with E-state index in [-0.39, 0.29) is 12.5 Å². The smallest absolute Gasteiger partial charge is 0.325 e. The van der Waals surface area contributed by atoms with Crippen LogP contribution in [0.5, 0.6) is 0 Å². The van der Waals surface area contributed by atoms with Gasteiger partial charge < -0.3 is 9.64 Å². The van der Waals surface area contributed by atoms with Crippen LogP contribution in [0, 0.1) is 0 Å². The molecule has 0 fully saturated rings. The fourth-order valence-electron chi connectivity index (χ4n) is 1.95. The molecule has 2 aromatic rings. The molecule has 0 spiro atoms. The summed E-state index contributed by atoms with van der Waals surface area (Å²) in [4.78, 5) is 13.5. The summed E-state index contributed by atoms with van der Waals surface area (Å²) in [5, 5.41) is 10.1. The second-order valence-corrected chi connectivity index (χ2v) is 4.07. The molecule has 0 saturated heterocycles. The summed E-state index contributed by atoms with van der Waals surface area (Å²) in [6.45, 7) is 5.01. The summed E-state index contributed by atoms with van der Waals surface area (Å²) in [7, 11) is 0. The van der Waals surface area contributed by atoms with Gasteiger partial charge in [0.2, 0.25) is 0 Å². The molecule has 1 heterocycles. The van der Waals surface area contributed by atoms with Crippen molar-refractivity contribution in [3.8, 4) is 0 Å². The van der Waals surface area contributed by atoms with Crippen molar-refractivity contribution in [2.45, 2.75) is 13.8 Å². The van der Waals surface area contributed by atoms with Crippen molar-refractivity contribution < 1.29 is 9.53 Å². The van der Waals surface area contributed by atoms with E-state index in [0.717, 1.165) is 10.8 Å². The molecule has 19 heavy (non-hydrogen) atoms. The molecule has 1 aromatic carbocycles. The maximum absolute atomic E-state index is 11.6. The van der Waals surface area contributed by atoms with Crippen molar-refractivity contribution in [1.82, 2.24) is 10.2 Å². The quantitative estimate of drug-likeness (QED) is 0.769. The fraction of sp³-hybridized carbons (Fsp3) is 0.357. The third-order valence-electron chi connectivity index (χ3n) is 2.86. The number of likely N-dealkylation sites (N-methyl/N-ethyl adjacent to an activating group) is 1. The lowest BCUT2D eigenvalue weighted by Crippen LogP contribution is -2.31. The molecule has 0 bridgehead atoms. The van der Waals surface area contributed by atoms with Gasteiger partial charge in [-0.3, -0.25) is 4.79 Å². The second-order valence-electron chi connectivity index (χ2n) is 4.07. The highest BCUT2D eigenvalue weighted by Crippen LogP contribution is 2.22. The summed E-state index contributed by atoms with van der Waals surface area (Å²) < 4.78 is 4.98. The molecule has 0 unspecified atom stereocenters. The van der Waals surface area contributed by atoms with Crippen LogP contribution < -0.4 is 4.90 Å². The third kappa shape index (κ3) is 2.99. The predicted molar refractivity (Wildman–Crippen MR) is 74.1 cm³/mol. The lowest BCUT2D eigenvalue weighted by atomic mass is 10.2. The van der Waals surface area contributed by atoms with Crippen LogP contribution in [0.1, 0.15) is 13.8 Å². The van der Waals surface area contributed by atoms with Crippen molar-refractivity contribution in [2.75, 3.05) is 24.6 Å². The highest BCUT2D eigenvalue weighted by molar-refractivity contribution is 5.92. The molecule has 1 aromatic heterocycles. The molecule has 100 valence electrons. The van der Waals surface area contributed by atoms with E-state index < -0.39 is 0 Å². The predicted octanol–water partition coefficient (Wildman–Crippen LogP) is 2.02. The van der Waals surface area contributed by atoms with Crippen LogP contribution in [0.25, 0.3) is 10.8 Å². The first kappa shape index (κ1) is 13.3. The number of anilines is 1. The summed E-state index contributed by atoms with van der Waals surface area (Å²) in [6.07, 6.45) is 1.72. The number of carbonyl (C=O) groups is 1. The zero-order chi connectivity index (χ0) is 13.7. The first-order valence-electron chi connectivity index (χ1n) is 6.37. The van der Waals surface area contributed by atoms with Crippen LogP contribution in [0.2, 0.25) is 0 Å². The van der Waals surface area contributed by atoms with Crippen molar-refractivity contribution in [3.63, 3.8) is 0 Å². The van der Waals surface area contributed by atoms with Crippen molar-refractivity contribution >= 4 is 22.6 Å². The van der Waals surface area contributed by atoms with Gasteiger partial charge in [0.25, 0.3) is 0 Å². The molecular formula is C14H17N3O2. The number of hydrogen-bond acceptors (Lipinski definition) is 5. The van der Waals surface area contributed by atoms with Gasteiger partial charge in [-0.2, -0.15) is 5.10 Å². The van der Waals surface area contributed by atoms with Gasteiger partial charge in [0.15, 0.2) is 5.82 Å². The fourth-order valence-corrected chi connectivity index (χ4v) is 1.95. The monoisotopic (exact) mass is 259 g/mol. The Labute approximate surface area is 112 Å². The van der Waals surface area contributed by atoms with E-state index >= 15 is 0 Å². The lowest BCUT2D eigenvalue weighted by Gasteiger charge is -2.21. The van der Waals surface area contributed by atoms with E-state index in [1.807, 2.05) is 36.1 Å². The summed E-state index contributed by atoms with van der Waals surface area (Å²) in [5.74, 6) is 0.465. The van der Waals surface area contributed by atoms with Gasteiger partial charge in [0.1, 0.15) is 6.54 Å². The SMILES string of the molecule is CCOC(=O)CN(CC)c1nncc2ccccc12. The average Bonchev–Trinajstić information content (AvgIpc) is 2.44. The van der Waals surface area contributed by atoms with Gasteiger partial charge in [0.05, 0.1) is 12.8 Å². The van der Waals surface area contributed by atoms with Crippen LogP contribution in [-0.4, -0.2) is 35.9 Å². The number of fused-ring (bicyclic) bond motifs is 1. The molecule has 0 aliphatic carbocycles. The minimum atomic E-state index is -0.251. The van der Waals surface area contributed by atoms with E-state index in [9.17, 15) is 4.79 Å². The molecule has 0 amide bonds. The molecule has 0 aliphatic rings. The number of benzene rings is 1. The highest BCUT2D eigenvalue weighted by Gasteiger charge is 2.14. The molecule has 0 saturated carbocycles. The zero-order valence-electron chi connectivity index (χ0n) is 11.2. The number of esters is 1. The molecule has 0 radical (unpaired) electrons. The van der Waals surface area contributed by atoms with Crippen molar-refractivity contribution in [3.05, 3.63) is 30.5 Å². The molecule has 5 heteroatoms. The van der Waals surface area contributed by atoms with Gasteiger partial charge in [-0.1, -0.05) is 24.3 Å². The Hall–Kier alpha value is -2.17. The standard InChI is InChI=1S/C14H17N3O2/c1-3-17(10-13(18)19-4-2)14-12-8-6-5-7-11(12)9-15-16-14/h5-9H,3-4,10H2,1-2H3. The first-order chi connectivity index (χ1) is 9.26. The zero-order valence-corrected chi connectivity index (χ0v) is 11.2. The van der Waals surface area contributed by atoms with E-state index in [0.29, 0.717) is 19.0 Å². The Morgan fingerprint density at radius 3 is 2.84 bits per heavy atom. The number of rotatable bonds is 5. The van der Waals surface area contributed by atoms with E-state index in [4.69, 9.17) is 4.74 Å². The Bertz CT molecular complexity index is 566. The highest BCUT2D eigenvalue weighted by atomic mass is 16.5. The van der Waals surface area contributed by atoms with Crippen LogP contribution in [0.3, 0.4) is 0 Å². The molecular weight excluding hydrogens is 242 g/mol. The average molecular weight is 259 g/mol. The summed E-state index contributed by atoms with van der Waals surface area (Å²) in [6, 6.07) is 7.86. The molecule has 0 N–H and O–H groups in total. The van der Waals surface area contributed by atoms with Crippen LogP contribution in [0.4, 0.5) is 5.82 Å². The summed E-state index contributed by atoms with van der Waals surface area (Å²) >= 11 is 0. The number of aromatic nitrogens is 2. The largest absolute Gasteiger partial charge is 0.465 e. The van der Waals surface area contributed by atoms with Gasteiger partial charge in [-0.25, -0.2) is 0 Å². The van der Waals surface area contributed by atoms with Crippen LogP contribution >= 0.6 is 0 Å².